The Labute approximate surface area is 148 Å². The minimum absolute atomic E-state index is 0.144. The van der Waals surface area contributed by atoms with E-state index in [1.165, 1.54) is 44.7 Å². The van der Waals surface area contributed by atoms with Crippen LogP contribution in [0.25, 0.3) is 0 Å². The Bertz CT molecular complexity index is 623. The van der Waals surface area contributed by atoms with Gasteiger partial charge in [0.1, 0.15) is 0 Å². The fourth-order valence-electron chi connectivity index (χ4n) is 5.84. The molecule has 5 nitrogen and oxygen atoms in total. The summed E-state index contributed by atoms with van der Waals surface area (Å²) in [4.78, 5) is 28.1. The fraction of sp³-hybridized carbons (Fsp3) is 0.650. The third-order valence-corrected chi connectivity index (χ3v) is 6.61. The Morgan fingerprint density at radius 3 is 2.44 bits per heavy atom. The molecular weight excluding hydrogens is 316 g/mol. The number of nitrogens with one attached hydrogen (secondary N) is 1. The van der Waals surface area contributed by atoms with Gasteiger partial charge in [0.25, 0.3) is 5.91 Å². The number of ether oxygens (including phenoxy) is 1. The first-order chi connectivity index (χ1) is 12.0. The van der Waals surface area contributed by atoms with Gasteiger partial charge in [-0.25, -0.2) is 4.79 Å². The van der Waals surface area contributed by atoms with Crippen molar-refractivity contribution in [2.75, 3.05) is 6.61 Å². The Hall–Kier alpha value is -1.91. The first-order valence-electron chi connectivity index (χ1n) is 9.40. The van der Waals surface area contributed by atoms with E-state index in [4.69, 9.17) is 4.74 Å². The lowest BCUT2D eigenvalue weighted by atomic mass is 9.48. The predicted octanol–water partition coefficient (Wildman–Crippen LogP) is 2.96. The zero-order chi connectivity index (χ0) is 17.4. The van der Waals surface area contributed by atoms with Gasteiger partial charge in [-0.1, -0.05) is 0 Å². The summed E-state index contributed by atoms with van der Waals surface area (Å²) in [5.74, 6) is 1.85. The monoisotopic (exact) mass is 342 g/mol. The Morgan fingerprint density at radius 1 is 1.24 bits per heavy atom. The SMILES string of the molecule is C[C@H](NC(=O)COC(=O)c1cccnc1)C12CC3CC(CC(C3)C1)C2. The summed E-state index contributed by atoms with van der Waals surface area (Å²) in [6, 6.07) is 3.45. The highest BCUT2D eigenvalue weighted by Gasteiger charge is 2.53. The summed E-state index contributed by atoms with van der Waals surface area (Å²) in [6.45, 7) is 1.90. The normalized spacial score (nSPS) is 33.7. The Morgan fingerprint density at radius 2 is 1.88 bits per heavy atom. The van der Waals surface area contributed by atoms with Gasteiger partial charge >= 0.3 is 5.97 Å². The van der Waals surface area contributed by atoms with Gasteiger partial charge in [-0.3, -0.25) is 9.78 Å². The van der Waals surface area contributed by atoms with Crippen LogP contribution < -0.4 is 5.32 Å². The van der Waals surface area contributed by atoms with E-state index in [0.29, 0.717) is 5.56 Å². The summed E-state index contributed by atoms with van der Waals surface area (Å²) in [5.41, 5.74) is 0.627. The molecule has 134 valence electrons. The molecule has 1 aromatic heterocycles. The number of carbonyl (C=O) groups excluding carboxylic acids is 2. The Balaban J connectivity index is 1.31. The third kappa shape index (κ3) is 3.29. The molecule has 0 aromatic carbocycles. The molecule has 1 atom stereocenters. The summed E-state index contributed by atoms with van der Waals surface area (Å²) in [7, 11) is 0. The van der Waals surface area contributed by atoms with Gasteiger partial charge in [0.15, 0.2) is 6.61 Å². The number of aromatic nitrogens is 1. The van der Waals surface area contributed by atoms with E-state index in [1.54, 1.807) is 18.3 Å². The molecule has 4 aliphatic carbocycles. The van der Waals surface area contributed by atoms with Gasteiger partial charge in [0.2, 0.25) is 0 Å². The van der Waals surface area contributed by atoms with Crippen LogP contribution >= 0.6 is 0 Å². The fourth-order valence-corrected chi connectivity index (χ4v) is 5.84. The molecule has 5 rings (SSSR count). The summed E-state index contributed by atoms with van der Waals surface area (Å²) < 4.78 is 5.12. The van der Waals surface area contributed by atoms with Crippen LogP contribution in [0.5, 0.6) is 0 Å². The Kier molecular flexibility index (Phi) is 4.26. The third-order valence-electron chi connectivity index (χ3n) is 6.61. The zero-order valence-corrected chi connectivity index (χ0v) is 14.7. The minimum Gasteiger partial charge on any atom is -0.452 e. The van der Waals surface area contributed by atoms with Crippen LogP contribution in [0.3, 0.4) is 0 Å². The maximum Gasteiger partial charge on any atom is 0.340 e. The lowest BCUT2D eigenvalue weighted by molar-refractivity contribution is -0.128. The molecule has 0 aliphatic heterocycles. The zero-order valence-electron chi connectivity index (χ0n) is 14.7. The number of nitrogens with zero attached hydrogens (tertiary/aromatic N) is 1. The molecule has 0 radical (unpaired) electrons. The number of hydrogen-bond acceptors (Lipinski definition) is 4. The van der Waals surface area contributed by atoms with E-state index in [1.807, 2.05) is 0 Å². The maximum atomic E-state index is 12.3. The molecule has 4 aliphatic rings. The maximum absolute atomic E-state index is 12.3. The highest BCUT2D eigenvalue weighted by molar-refractivity contribution is 5.90. The van der Waals surface area contributed by atoms with Crippen molar-refractivity contribution in [1.29, 1.82) is 0 Å². The van der Waals surface area contributed by atoms with E-state index in [-0.39, 0.29) is 24.0 Å². The average Bonchev–Trinajstić information content (AvgIpc) is 2.59. The van der Waals surface area contributed by atoms with Gasteiger partial charge in [0, 0.05) is 18.4 Å². The number of hydrogen-bond donors (Lipinski definition) is 1. The molecule has 5 heteroatoms. The van der Waals surface area contributed by atoms with Crippen molar-refractivity contribution >= 4 is 11.9 Å². The van der Waals surface area contributed by atoms with Crippen molar-refractivity contribution in [3.8, 4) is 0 Å². The van der Waals surface area contributed by atoms with Gasteiger partial charge in [0.05, 0.1) is 5.56 Å². The molecule has 1 aromatic rings. The second kappa shape index (κ2) is 6.43. The molecule has 0 spiro atoms. The minimum atomic E-state index is -0.509. The molecule has 1 N–H and O–H groups in total. The van der Waals surface area contributed by atoms with Crippen molar-refractivity contribution in [1.82, 2.24) is 10.3 Å². The highest BCUT2D eigenvalue weighted by atomic mass is 16.5. The van der Waals surface area contributed by atoms with E-state index in [0.717, 1.165) is 17.8 Å². The molecular formula is C20H26N2O3. The second-order valence-corrected chi connectivity index (χ2v) is 8.39. The van der Waals surface area contributed by atoms with Crippen LogP contribution in [0.15, 0.2) is 24.5 Å². The predicted molar refractivity (Wildman–Crippen MR) is 92.7 cm³/mol. The van der Waals surface area contributed by atoms with Gasteiger partial charge < -0.3 is 10.1 Å². The van der Waals surface area contributed by atoms with Crippen LogP contribution in [0.4, 0.5) is 0 Å². The first kappa shape index (κ1) is 16.6. The van der Waals surface area contributed by atoms with E-state index < -0.39 is 5.97 Å². The molecule has 4 fully saturated rings. The molecule has 1 amide bonds. The van der Waals surface area contributed by atoms with Crippen LogP contribution in [-0.4, -0.2) is 29.5 Å². The number of esters is 1. The number of amides is 1. The molecule has 4 saturated carbocycles. The van der Waals surface area contributed by atoms with Crippen LogP contribution in [0, 0.1) is 23.2 Å². The van der Waals surface area contributed by atoms with E-state index >= 15 is 0 Å². The molecule has 4 bridgehead atoms. The van der Waals surface area contributed by atoms with Crippen LogP contribution in [0.1, 0.15) is 55.8 Å². The number of carbonyl (C=O) groups is 2. The van der Waals surface area contributed by atoms with Crippen molar-refractivity contribution in [3.05, 3.63) is 30.1 Å². The number of pyridine rings is 1. The first-order valence-corrected chi connectivity index (χ1v) is 9.40. The standard InChI is InChI=1S/C20H26N2O3/c1-13(20-8-14-5-15(9-20)7-16(6-14)10-20)22-18(23)12-25-19(24)17-3-2-4-21-11-17/h2-4,11,13-16H,5-10,12H2,1H3,(H,22,23)/t13-,14?,15?,16?,20?/m0/s1. The summed E-state index contributed by atoms with van der Waals surface area (Å²) in [6.07, 6.45) is 10.9. The van der Waals surface area contributed by atoms with E-state index in [9.17, 15) is 9.59 Å². The summed E-state index contributed by atoms with van der Waals surface area (Å²) >= 11 is 0. The largest absolute Gasteiger partial charge is 0.452 e. The van der Waals surface area contributed by atoms with Gasteiger partial charge in [-0.05, 0) is 80.8 Å². The van der Waals surface area contributed by atoms with E-state index in [2.05, 4.69) is 17.2 Å². The topological polar surface area (TPSA) is 68.3 Å². The molecule has 25 heavy (non-hydrogen) atoms. The lowest BCUT2D eigenvalue weighted by Crippen LogP contribution is -2.56. The molecule has 0 saturated heterocycles. The average molecular weight is 342 g/mol. The van der Waals surface area contributed by atoms with Crippen LogP contribution in [0.2, 0.25) is 0 Å². The number of rotatable bonds is 5. The summed E-state index contributed by atoms with van der Waals surface area (Å²) in [5, 5.41) is 3.11. The lowest BCUT2D eigenvalue weighted by Gasteiger charge is -2.59. The highest BCUT2D eigenvalue weighted by Crippen LogP contribution is 2.61. The molecule has 0 unspecified atom stereocenters. The van der Waals surface area contributed by atoms with Gasteiger partial charge in [-0.2, -0.15) is 0 Å². The van der Waals surface area contributed by atoms with Crippen molar-refractivity contribution in [2.24, 2.45) is 23.2 Å². The van der Waals surface area contributed by atoms with Crippen molar-refractivity contribution < 1.29 is 14.3 Å². The second-order valence-electron chi connectivity index (χ2n) is 8.39. The molecule has 1 heterocycles. The van der Waals surface area contributed by atoms with Crippen molar-refractivity contribution in [3.63, 3.8) is 0 Å². The van der Waals surface area contributed by atoms with Crippen LogP contribution in [-0.2, 0) is 9.53 Å². The smallest absolute Gasteiger partial charge is 0.340 e. The van der Waals surface area contributed by atoms with Crippen molar-refractivity contribution in [2.45, 2.75) is 51.5 Å². The van der Waals surface area contributed by atoms with Gasteiger partial charge in [-0.15, -0.1) is 0 Å². The quantitative estimate of drug-likeness (QED) is 0.835.